The number of ether oxygens (including phenoxy) is 1. The van der Waals surface area contributed by atoms with Gasteiger partial charge in [0.2, 0.25) is 0 Å². The highest BCUT2D eigenvalue weighted by atomic mass is 19.4. The third-order valence-corrected chi connectivity index (χ3v) is 1.92. The molecule has 0 saturated carbocycles. The summed E-state index contributed by atoms with van der Waals surface area (Å²) >= 11 is 0. The molecule has 2 nitrogen and oxygen atoms in total. The molecule has 0 atom stereocenters. The van der Waals surface area contributed by atoms with Gasteiger partial charge < -0.3 is 10.1 Å². The maximum Gasteiger partial charge on any atom is 0.389 e. The lowest BCUT2D eigenvalue weighted by molar-refractivity contribution is -0.135. The Labute approximate surface area is 82.8 Å². The number of alkyl halides is 3. The first-order chi connectivity index (χ1) is 6.27. The van der Waals surface area contributed by atoms with Gasteiger partial charge in [-0.15, -0.1) is 0 Å². The van der Waals surface area contributed by atoms with Gasteiger partial charge in [0.05, 0.1) is 5.60 Å². The SMILES string of the molecule is COC(C)(C)CNCCCC(F)(F)F. The summed E-state index contributed by atoms with van der Waals surface area (Å²) in [6.45, 7) is 4.68. The van der Waals surface area contributed by atoms with Crippen LogP contribution in [0, 0.1) is 0 Å². The van der Waals surface area contributed by atoms with Crippen LogP contribution in [-0.4, -0.2) is 32.0 Å². The van der Waals surface area contributed by atoms with Crippen LogP contribution in [0.4, 0.5) is 13.2 Å². The Morgan fingerprint density at radius 1 is 1.21 bits per heavy atom. The lowest BCUT2D eigenvalue weighted by atomic mass is 10.1. The summed E-state index contributed by atoms with van der Waals surface area (Å²) in [6, 6.07) is 0. The minimum atomic E-state index is -4.04. The minimum Gasteiger partial charge on any atom is -0.377 e. The Morgan fingerprint density at radius 2 is 1.79 bits per heavy atom. The molecule has 0 aromatic rings. The van der Waals surface area contributed by atoms with Gasteiger partial charge >= 0.3 is 6.18 Å². The van der Waals surface area contributed by atoms with Crippen molar-refractivity contribution in [3.63, 3.8) is 0 Å². The van der Waals surface area contributed by atoms with Gasteiger partial charge in [-0.2, -0.15) is 13.2 Å². The lowest BCUT2D eigenvalue weighted by Crippen LogP contribution is -2.37. The molecule has 0 aromatic carbocycles. The molecule has 0 radical (unpaired) electrons. The molecular weight excluding hydrogens is 195 g/mol. The molecule has 0 fully saturated rings. The summed E-state index contributed by atoms with van der Waals surface area (Å²) in [5.41, 5.74) is -0.321. The van der Waals surface area contributed by atoms with Gasteiger partial charge in [0.1, 0.15) is 0 Å². The van der Waals surface area contributed by atoms with Gasteiger partial charge in [0, 0.05) is 20.1 Å². The van der Waals surface area contributed by atoms with Gasteiger partial charge in [-0.05, 0) is 26.8 Å². The topological polar surface area (TPSA) is 21.3 Å². The Kier molecular flexibility index (Phi) is 5.44. The van der Waals surface area contributed by atoms with Gasteiger partial charge in [-0.1, -0.05) is 0 Å². The second-order valence-electron chi connectivity index (χ2n) is 3.86. The van der Waals surface area contributed by atoms with E-state index >= 15 is 0 Å². The molecule has 0 saturated heterocycles. The zero-order chi connectivity index (χ0) is 11.2. The van der Waals surface area contributed by atoms with Crippen molar-refractivity contribution in [2.75, 3.05) is 20.2 Å². The molecule has 5 heteroatoms. The van der Waals surface area contributed by atoms with E-state index in [9.17, 15) is 13.2 Å². The van der Waals surface area contributed by atoms with Gasteiger partial charge in [-0.25, -0.2) is 0 Å². The highest BCUT2D eigenvalue weighted by Crippen LogP contribution is 2.20. The van der Waals surface area contributed by atoms with E-state index in [0.29, 0.717) is 13.1 Å². The predicted molar refractivity (Wildman–Crippen MR) is 49.2 cm³/mol. The van der Waals surface area contributed by atoms with Crippen LogP contribution < -0.4 is 5.32 Å². The largest absolute Gasteiger partial charge is 0.389 e. The standard InChI is InChI=1S/C9H18F3NO/c1-8(2,14-3)7-13-6-4-5-9(10,11)12/h13H,4-7H2,1-3H3. The van der Waals surface area contributed by atoms with Crippen LogP contribution in [0.5, 0.6) is 0 Å². The van der Waals surface area contributed by atoms with Crippen LogP contribution in [0.25, 0.3) is 0 Å². The van der Waals surface area contributed by atoms with Crippen molar-refractivity contribution < 1.29 is 17.9 Å². The Hall–Kier alpha value is -0.290. The van der Waals surface area contributed by atoms with Crippen LogP contribution in [-0.2, 0) is 4.74 Å². The fourth-order valence-corrected chi connectivity index (χ4v) is 0.875. The summed E-state index contributed by atoms with van der Waals surface area (Å²) in [6.07, 6.45) is -4.66. The highest BCUT2D eigenvalue weighted by molar-refractivity contribution is 4.70. The quantitative estimate of drug-likeness (QED) is 0.684. The molecule has 0 heterocycles. The van der Waals surface area contributed by atoms with E-state index in [1.54, 1.807) is 7.11 Å². The van der Waals surface area contributed by atoms with Crippen molar-refractivity contribution in [1.29, 1.82) is 0 Å². The summed E-state index contributed by atoms with van der Waals surface area (Å²) in [4.78, 5) is 0. The van der Waals surface area contributed by atoms with Crippen molar-refractivity contribution in [1.82, 2.24) is 5.32 Å². The molecule has 0 aromatic heterocycles. The molecule has 86 valence electrons. The maximum absolute atomic E-state index is 11.7. The van der Waals surface area contributed by atoms with Gasteiger partial charge in [0.15, 0.2) is 0 Å². The highest BCUT2D eigenvalue weighted by Gasteiger charge is 2.26. The van der Waals surface area contributed by atoms with E-state index in [4.69, 9.17) is 4.74 Å². The fourth-order valence-electron chi connectivity index (χ4n) is 0.875. The van der Waals surface area contributed by atoms with Crippen LogP contribution in [0.2, 0.25) is 0 Å². The Bertz CT molecular complexity index is 157. The number of methoxy groups -OCH3 is 1. The zero-order valence-corrected chi connectivity index (χ0v) is 8.87. The van der Waals surface area contributed by atoms with Gasteiger partial charge in [-0.3, -0.25) is 0 Å². The van der Waals surface area contributed by atoms with Crippen molar-refractivity contribution in [2.24, 2.45) is 0 Å². The summed E-state index contributed by atoms with van der Waals surface area (Å²) in [5, 5.41) is 2.92. The zero-order valence-electron chi connectivity index (χ0n) is 8.87. The molecule has 1 N–H and O–H groups in total. The van der Waals surface area contributed by atoms with Crippen LogP contribution in [0.1, 0.15) is 26.7 Å². The second kappa shape index (κ2) is 5.56. The predicted octanol–water partition coefficient (Wildman–Crippen LogP) is 2.34. The fraction of sp³-hybridized carbons (Fsp3) is 1.00. The van der Waals surface area contributed by atoms with Gasteiger partial charge in [0.25, 0.3) is 0 Å². The molecule has 0 aliphatic carbocycles. The van der Waals surface area contributed by atoms with Crippen molar-refractivity contribution in [3.8, 4) is 0 Å². The third-order valence-electron chi connectivity index (χ3n) is 1.92. The molecule has 0 rings (SSSR count). The average molecular weight is 213 g/mol. The van der Waals surface area contributed by atoms with E-state index < -0.39 is 12.6 Å². The molecule has 0 aliphatic heterocycles. The van der Waals surface area contributed by atoms with Crippen molar-refractivity contribution >= 4 is 0 Å². The van der Waals surface area contributed by atoms with E-state index in [-0.39, 0.29) is 12.0 Å². The smallest absolute Gasteiger partial charge is 0.377 e. The molecule has 0 spiro atoms. The molecule has 0 aliphatic rings. The van der Waals surface area contributed by atoms with Crippen LogP contribution >= 0.6 is 0 Å². The second-order valence-corrected chi connectivity index (χ2v) is 3.86. The molecule has 0 amide bonds. The number of hydrogen-bond acceptors (Lipinski definition) is 2. The number of halogens is 3. The minimum absolute atomic E-state index is 0.114. The lowest BCUT2D eigenvalue weighted by Gasteiger charge is -2.23. The Morgan fingerprint density at radius 3 is 2.21 bits per heavy atom. The number of hydrogen-bond donors (Lipinski definition) is 1. The monoisotopic (exact) mass is 213 g/mol. The number of rotatable bonds is 6. The van der Waals surface area contributed by atoms with Crippen molar-refractivity contribution in [2.45, 2.75) is 38.5 Å². The van der Waals surface area contributed by atoms with Crippen LogP contribution in [0.15, 0.2) is 0 Å². The first-order valence-corrected chi connectivity index (χ1v) is 4.59. The molecule has 14 heavy (non-hydrogen) atoms. The summed E-state index contributed by atoms with van der Waals surface area (Å²) in [7, 11) is 1.58. The van der Waals surface area contributed by atoms with Crippen molar-refractivity contribution in [3.05, 3.63) is 0 Å². The maximum atomic E-state index is 11.7. The normalized spacial score (nSPS) is 13.3. The first kappa shape index (κ1) is 13.7. The van der Waals surface area contributed by atoms with E-state index in [0.717, 1.165) is 0 Å². The number of nitrogens with one attached hydrogen (secondary N) is 1. The molecule has 0 bridgehead atoms. The van der Waals surface area contributed by atoms with E-state index in [1.165, 1.54) is 0 Å². The summed E-state index contributed by atoms with van der Waals surface area (Å²) < 4.78 is 40.3. The molecule has 0 unspecified atom stereocenters. The van der Waals surface area contributed by atoms with E-state index in [2.05, 4.69) is 5.32 Å². The summed E-state index contributed by atoms with van der Waals surface area (Å²) in [5.74, 6) is 0. The van der Waals surface area contributed by atoms with E-state index in [1.807, 2.05) is 13.8 Å². The average Bonchev–Trinajstić information content (AvgIpc) is 2.01. The Balaban J connectivity index is 3.39. The van der Waals surface area contributed by atoms with Crippen LogP contribution in [0.3, 0.4) is 0 Å². The third kappa shape index (κ3) is 8.31. The molecular formula is C9H18F3NO. The first-order valence-electron chi connectivity index (χ1n) is 4.59.